The molecule has 206 valence electrons. The van der Waals surface area contributed by atoms with E-state index in [0.717, 1.165) is 16.7 Å². The van der Waals surface area contributed by atoms with E-state index in [1.54, 1.807) is 60.7 Å². The number of fused-ring (bicyclic) bond motifs is 1. The van der Waals surface area contributed by atoms with Gasteiger partial charge in [-0.25, -0.2) is 0 Å². The minimum absolute atomic E-state index is 0.00740. The van der Waals surface area contributed by atoms with Crippen LogP contribution in [-0.2, 0) is 16.1 Å². The first-order valence-corrected chi connectivity index (χ1v) is 13.7. The number of amides is 3. The quantitative estimate of drug-likeness (QED) is 0.282. The van der Waals surface area contributed by atoms with Crippen LogP contribution < -0.4 is 24.3 Å². The zero-order chi connectivity index (χ0) is 28.2. The van der Waals surface area contributed by atoms with Gasteiger partial charge in [0.1, 0.15) is 0 Å². The van der Waals surface area contributed by atoms with Gasteiger partial charge < -0.3 is 24.3 Å². The summed E-state index contributed by atoms with van der Waals surface area (Å²) in [6.07, 6.45) is 1.60. The van der Waals surface area contributed by atoms with Crippen molar-refractivity contribution in [2.75, 3.05) is 25.3 Å². The molecule has 40 heavy (non-hydrogen) atoms. The summed E-state index contributed by atoms with van der Waals surface area (Å²) in [6.45, 7) is 2.00. The largest absolute Gasteiger partial charge is 0.490 e. The molecule has 2 aliphatic heterocycles. The normalized spacial score (nSPS) is 15.1. The van der Waals surface area contributed by atoms with Gasteiger partial charge in [-0.05, 0) is 78.4 Å². The number of benzene rings is 3. The first-order chi connectivity index (χ1) is 19.3. The SMILES string of the molecule is CCOc1cc(/C=C2\SC(=O)N(Cc3cc4c(cc3Cl)OCO4)C2=O)ccc1OCC(=O)Nc1ccc(Cl)cc1. The fourth-order valence-corrected chi connectivity index (χ4v) is 5.09. The maximum Gasteiger partial charge on any atom is 0.293 e. The predicted molar refractivity (Wildman–Crippen MR) is 152 cm³/mol. The molecule has 0 aliphatic carbocycles. The maximum atomic E-state index is 13.1. The van der Waals surface area contributed by atoms with Crippen LogP contribution in [0.5, 0.6) is 23.0 Å². The second-order valence-corrected chi connectivity index (χ2v) is 10.4. The summed E-state index contributed by atoms with van der Waals surface area (Å²) < 4.78 is 22.1. The van der Waals surface area contributed by atoms with Crippen molar-refractivity contribution in [2.24, 2.45) is 0 Å². The number of carbonyl (C=O) groups excluding carboxylic acids is 3. The molecule has 0 aromatic heterocycles. The van der Waals surface area contributed by atoms with Crippen LogP contribution in [0.25, 0.3) is 6.08 Å². The summed E-state index contributed by atoms with van der Waals surface area (Å²) in [5.41, 5.74) is 1.77. The summed E-state index contributed by atoms with van der Waals surface area (Å²) in [4.78, 5) is 39.5. The number of hydrogen-bond donors (Lipinski definition) is 1. The van der Waals surface area contributed by atoms with Crippen LogP contribution in [0.2, 0.25) is 10.0 Å². The lowest BCUT2D eigenvalue weighted by molar-refractivity contribution is -0.123. The van der Waals surface area contributed by atoms with Gasteiger partial charge in [-0.15, -0.1) is 0 Å². The Kier molecular flexibility index (Phi) is 8.39. The molecule has 0 unspecified atom stereocenters. The second-order valence-electron chi connectivity index (χ2n) is 8.55. The van der Waals surface area contributed by atoms with E-state index in [-0.39, 0.29) is 30.8 Å². The molecule has 0 radical (unpaired) electrons. The van der Waals surface area contributed by atoms with Crippen LogP contribution in [0.3, 0.4) is 0 Å². The highest BCUT2D eigenvalue weighted by atomic mass is 35.5. The number of halogens is 2. The van der Waals surface area contributed by atoms with E-state index in [1.807, 2.05) is 6.92 Å². The lowest BCUT2D eigenvalue weighted by Crippen LogP contribution is -2.27. The minimum atomic E-state index is -0.444. The molecule has 0 saturated carbocycles. The standard InChI is InChI=1S/C28H22Cl2N2O7S/c1-2-36-22-9-16(3-8-21(22)37-14-26(33)31-19-6-4-18(29)5-7-19)10-25-27(34)32(28(35)40-25)13-17-11-23-24(12-20(17)30)39-15-38-23/h3-12H,2,13-15H2,1H3,(H,31,33)/b25-10-. The highest BCUT2D eigenvalue weighted by Crippen LogP contribution is 2.40. The van der Waals surface area contributed by atoms with Gasteiger partial charge in [0.15, 0.2) is 29.6 Å². The third-order valence-electron chi connectivity index (χ3n) is 5.80. The van der Waals surface area contributed by atoms with Crippen LogP contribution in [-0.4, -0.2) is 42.0 Å². The van der Waals surface area contributed by atoms with E-state index < -0.39 is 11.1 Å². The molecule has 2 aliphatic rings. The van der Waals surface area contributed by atoms with E-state index in [9.17, 15) is 14.4 Å². The number of nitrogens with one attached hydrogen (secondary N) is 1. The van der Waals surface area contributed by atoms with Crippen LogP contribution in [0.15, 0.2) is 59.5 Å². The van der Waals surface area contributed by atoms with E-state index in [0.29, 0.717) is 56.5 Å². The Morgan fingerprint density at radius 1 is 1.02 bits per heavy atom. The number of anilines is 1. The van der Waals surface area contributed by atoms with Gasteiger partial charge in [-0.2, -0.15) is 0 Å². The molecule has 1 N–H and O–H groups in total. The van der Waals surface area contributed by atoms with Crippen molar-refractivity contribution in [3.63, 3.8) is 0 Å². The molecule has 0 spiro atoms. The first-order valence-electron chi connectivity index (χ1n) is 12.1. The Morgan fingerprint density at radius 2 is 1.77 bits per heavy atom. The van der Waals surface area contributed by atoms with Crippen molar-refractivity contribution in [3.05, 3.63) is 80.7 Å². The fourth-order valence-electron chi connectivity index (χ4n) is 3.91. The van der Waals surface area contributed by atoms with Gasteiger partial charge >= 0.3 is 0 Å². The molecule has 3 aromatic rings. The van der Waals surface area contributed by atoms with E-state index in [2.05, 4.69) is 5.32 Å². The number of hydrogen-bond acceptors (Lipinski definition) is 8. The molecule has 1 saturated heterocycles. The van der Waals surface area contributed by atoms with E-state index in [1.165, 1.54) is 0 Å². The molecule has 5 rings (SSSR count). The summed E-state index contributed by atoms with van der Waals surface area (Å²) in [5.74, 6) is 0.973. The van der Waals surface area contributed by atoms with Gasteiger partial charge in [-0.1, -0.05) is 29.3 Å². The molecule has 3 amide bonds. The Balaban J connectivity index is 1.27. The summed E-state index contributed by atoms with van der Waals surface area (Å²) in [5, 5.41) is 3.24. The van der Waals surface area contributed by atoms with Crippen molar-refractivity contribution in [1.29, 1.82) is 0 Å². The minimum Gasteiger partial charge on any atom is -0.490 e. The molecule has 0 bridgehead atoms. The molecular formula is C28H22Cl2N2O7S. The highest BCUT2D eigenvalue weighted by Gasteiger charge is 2.36. The van der Waals surface area contributed by atoms with E-state index >= 15 is 0 Å². The van der Waals surface area contributed by atoms with Crippen molar-refractivity contribution in [2.45, 2.75) is 13.5 Å². The van der Waals surface area contributed by atoms with Crippen molar-refractivity contribution in [1.82, 2.24) is 4.90 Å². The summed E-state index contributed by atoms with van der Waals surface area (Å²) in [6, 6.07) is 15.0. The number of imide groups is 1. The lowest BCUT2D eigenvalue weighted by Gasteiger charge is -2.14. The average Bonchev–Trinajstić information content (AvgIpc) is 3.48. The van der Waals surface area contributed by atoms with Gasteiger partial charge in [-0.3, -0.25) is 19.3 Å². The van der Waals surface area contributed by atoms with E-state index in [4.69, 9.17) is 42.1 Å². The first kappa shape index (κ1) is 27.7. The Hall–Kier alpha value is -3.86. The Morgan fingerprint density at radius 3 is 2.52 bits per heavy atom. The van der Waals surface area contributed by atoms with Crippen LogP contribution in [0.4, 0.5) is 10.5 Å². The van der Waals surface area contributed by atoms with Crippen LogP contribution in [0.1, 0.15) is 18.1 Å². The maximum absolute atomic E-state index is 13.1. The third-order valence-corrected chi connectivity index (χ3v) is 7.31. The molecular weight excluding hydrogens is 579 g/mol. The molecule has 3 aromatic carbocycles. The molecule has 12 heteroatoms. The third kappa shape index (κ3) is 6.30. The predicted octanol–water partition coefficient (Wildman–Crippen LogP) is 6.37. The monoisotopic (exact) mass is 600 g/mol. The highest BCUT2D eigenvalue weighted by molar-refractivity contribution is 8.18. The Bertz CT molecular complexity index is 1510. The molecule has 2 heterocycles. The molecule has 0 atom stereocenters. The number of ether oxygens (including phenoxy) is 4. The zero-order valence-electron chi connectivity index (χ0n) is 21.1. The van der Waals surface area contributed by atoms with Gasteiger partial charge in [0.2, 0.25) is 6.79 Å². The topological polar surface area (TPSA) is 103 Å². The summed E-state index contributed by atoms with van der Waals surface area (Å²) in [7, 11) is 0. The number of thioether (sulfide) groups is 1. The fraction of sp³-hybridized carbons (Fsp3) is 0.179. The summed E-state index contributed by atoms with van der Waals surface area (Å²) >= 11 is 13.0. The van der Waals surface area contributed by atoms with Crippen LogP contribution >= 0.6 is 35.0 Å². The zero-order valence-corrected chi connectivity index (χ0v) is 23.4. The molecule has 1 fully saturated rings. The van der Waals surface area contributed by atoms with Gasteiger partial charge in [0.25, 0.3) is 17.1 Å². The second kappa shape index (κ2) is 12.1. The van der Waals surface area contributed by atoms with Crippen molar-refractivity contribution < 1.29 is 33.3 Å². The number of rotatable bonds is 9. The Labute approximate surface area is 243 Å². The average molecular weight is 601 g/mol. The lowest BCUT2D eigenvalue weighted by atomic mass is 10.1. The van der Waals surface area contributed by atoms with Gasteiger partial charge in [0.05, 0.1) is 18.1 Å². The number of nitrogens with zero attached hydrogens (tertiary/aromatic N) is 1. The van der Waals surface area contributed by atoms with Gasteiger partial charge in [0, 0.05) is 21.8 Å². The van der Waals surface area contributed by atoms with Crippen molar-refractivity contribution >= 4 is 63.8 Å². The molecule has 9 nitrogen and oxygen atoms in total. The number of carbonyl (C=O) groups is 3. The smallest absolute Gasteiger partial charge is 0.293 e. The van der Waals surface area contributed by atoms with Crippen LogP contribution in [0, 0.1) is 0 Å². The van der Waals surface area contributed by atoms with Crippen molar-refractivity contribution in [3.8, 4) is 23.0 Å².